The van der Waals surface area contributed by atoms with Gasteiger partial charge < -0.3 is 9.52 Å². The quantitative estimate of drug-likeness (QED) is 0.822. The van der Waals surface area contributed by atoms with Crippen LogP contribution in [0, 0.1) is 0 Å². The fourth-order valence-electron chi connectivity index (χ4n) is 1.77. The summed E-state index contributed by atoms with van der Waals surface area (Å²) in [5, 5.41) is 9.88. The Balaban J connectivity index is 1.96. The molecule has 0 aliphatic rings. The van der Waals surface area contributed by atoms with Crippen LogP contribution >= 0.6 is 11.3 Å². The van der Waals surface area contributed by atoms with Crippen molar-refractivity contribution in [3.63, 3.8) is 0 Å². The van der Waals surface area contributed by atoms with Gasteiger partial charge in [0.15, 0.2) is 0 Å². The monoisotopic (exact) mass is 306 g/mol. The molecule has 0 fully saturated rings. The summed E-state index contributed by atoms with van der Waals surface area (Å²) in [6.45, 7) is 6.55. The van der Waals surface area contributed by atoms with E-state index in [2.05, 4.69) is 30.7 Å². The molecule has 1 N–H and O–H groups in total. The van der Waals surface area contributed by atoms with E-state index in [0.29, 0.717) is 5.89 Å². The van der Waals surface area contributed by atoms with Crippen molar-refractivity contribution >= 4 is 23.5 Å². The van der Waals surface area contributed by atoms with Crippen molar-refractivity contribution in [1.29, 1.82) is 0 Å². The van der Waals surface area contributed by atoms with Gasteiger partial charge in [0.05, 0.1) is 11.2 Å². The molecule has 0 saturated carbocycles. The van der Waals surface area contributed by atoms with E-state index in [0.717, 1.165) is 34.9 Å². The Bertz CT molecular complexity index is 593. The highest BCUT2D eigenvalue weighted by atomic mass is 32.1. The molecule has 4 nitrogen and oxygen atoms in total. The number of unbranched alkanes of at least 4 members (excludes halogenated alkanes) is 1. The van der Waals surface area contributed by atoms with Crippen molar-refractivity contribution in [2.24, 2.45) is 0 Å². The summed E-state index contributed by atoms with van der Waals surface area (Å²) < 4.78 is 5.71. The molecule has 0 bridgehead atoms. The molecule has 0 spiro atoms. The minimum atomic E-state index is -0.0244. The fourth-order valence-corrected chi connectivity index (χ4v) is 2.64. The third-order valence-corrected chi connectivity index (χ3v) is 4.05. The normalized spacial score (nSPS) is 12.4. The predicted molar refractivity (Wildman–Crippen MR) is 86.3 cm³/mol. The standard InChI is InChI=1S/C16H22N2O2S/c1-16(2,3)13-11-17-14(20-13)8-7-12-10-18-15(21-12)6-4-5-9-19/h7-8,10-11,19H,4-6,9H2,1-3H3/b8-7+. The second-order valence-electron chi connectivity index (χ2n) is 5.98. The summed E-state index contributed by atoms with van der Waals surface area (Å²) >= 11 is 1.67. The summed E-state index contributed by atoms with van der Waals surface area (Å²) in [7, 11) is 0. The van der Waals surface area contributed by atoms with Gasteiger partial charge in [-0.05, 0) is 25.3 Å². The van der Waals surface area contributed by atoms with E-state index in [-0.39, 0.29) is 12.0 Å². The summed E-state index contributed by atoms with van der Waals surface area (Å²) in [4.78, 5) is 9.74. The molecule has 0 unspecified atom stereocenters. The van der Waals surface area contributed by atoms with E-state index < -0.39 is 0 Å². The average Bonchev–Trinajstić information content (AvgIpc) is 3.05. The molecule has 0 aliphatic heterocycles. The van der Waals surface area contributed by atoms with Crippen LogP contribution in [0.15, 0.2) is 16.8 Å². The summed E-state index contributed by atoms with van der Waals surface area (Å²) in [5.74, 6) is 1.51. The molecule has 114 valence electrons. The van der Waals surface area contributed by atoms with Gasteiger partial charge in [-0.25, -0.2) is 9.97 Å². The van der Waals surface area contributed by atoms with Crippen LogP contribution in [0.5, 0.6) is 0 Å². The van der Waals surface area contributed by atoms with Gasteiger partial charge in [0.2, 0.25) is 5.89 Å². The lowest BCUT2D eigenvalue weighted by Gasteiger charge is -2.12. The van der Waals surface area contributed by atoms with Crippen LogP contribution in [0.3, 0.4) is 0 Å². The van der Waals surface area contributed by atoms with Crippen molar-refractivity contribution < 1.29 is 9.52 Å². The maximum absolute atomic E-state index is 8.77. The van der Waals surface area contributed by atoms with Crippen LogP contribution in [0.25, 0.3) is 12.2 Å². The molecule has 0 atom stereocenters. The van der Waals surface area contributed by atoms with Crippen LogP contribution in [-0.4, -0.2) is 21.7 Å². The summed E-state index contributed by atoms with van der Waals surface area (Å²) in [5.41, 5.74) is -0.0244. The Morgan fingerprint density at radius 1 is 1.19 bits per heavy atom. The molecule has 2 aromatic rings. The predicted octanol–water partition coefficient (Wildman–Crippen LogP) is 3.91. The van der Waals surface area contributed by atoms with Gasteiger partial charge in [0.25, 0.3) is 0 Å². The third kappa shape index (κ3) is 4.79. The van der Waals surface area contributed by atoms with Crippen molar-refractivity contribution in [3.8, 4) is 0 Å². The van der Waals surface area contributed by atoms with Crippen molar-refractivity contribution in [2.75, 3.05) is 6.61 Å². The van der Waals surface area contributed by atoms with E-state index in [1.165, 1.54) is 0 Å². The summed E-state index contributed by atoms with van der Waals surface area (Å²) in [6, 6.07) is 0. The molecular weight excluding hydrogens is 284 g/mol. The highest BCUT2D eigenvalue weighted by Gasteiger charge is 2.18. The van der Waals surface area contributed by atoms with Crippen molar-refractivity contribution in [1.82, 2.24) is 9.97 Å². The largest absolute Gasteiger partial charge is 0.441 e. The molecule has 2 aromatic heterocycles. The smallest absolute Gasteiger partial charge is 0.218 e. The number of aromatic nitrogens is 2. The van der Waals surface area contributed by atoms with Crippen LogP contribution in [0.1, 0.15) is 55.1 Å². The van der Waals surface area contributed by atoms with Crippen LogP contribution in [-0.2, 0) is 11.8 Å². The minimum Gasteiger partial charge on any atom is -0.441 e. The molecule has 0 aliphatic carbocycles. The number of rotatable bonds is 6. The molecule has 0 amide bonds. The number of hydrogen-bond acceptors (Lipinski definition) is 5. The molecular formula is C16H22N2O2S. The fraction of sp³-hybridized carbons (Fsp3) is 0.500. The number of aliphatic hydroxyl groups excluding tert-OH is 1. The zero-order valence-electron chi connectivity index (χ0n) is 12.8. The number of aliphatic hydroxyl groups is 1. The third-order valence-electron chi connectivity index (χ3n) is 3.02. The number of thiazole rings is 1. The van der Waals surface area contributed by atoms with E-state index in [1.807, 2.05) is 18.3 Å². The highest BCUT2D eigenvalue weighted by molar-refractivity contribution is 7.12. The molecule has 0 saturated heterocycles. The van der Waals surface area contributed by atoms with Gasteiger partial charge in [0, 0.05) is 29.2 Å². The Labute approximate surface area is 129 Å². The van der Waals surface area contributed by atoms with Gasteiger partial charge in [-0.15, -0.1) is 11.3 Å². The molecule has 0 aromatic carbocycles. The molecule has 2 heterocycles. The lowest BCUT2D eigenvalue weighted by atomic mass is 9.94. The first-order valence-corrected chi connectivity index (χ1v) is 8.00. The van der Waals surface area contributed by atoms with Crippen molar-refractivity contribution in [2.45, 2.75) is 45.4 Å². The first-order valence-electron chi connectivity index (χ1n) is 7.19. The van der Waals surface area contributed by atoms with Crippen molar-refractivity contribution in [3.05, 3.63) is 33.9 Å². The number of nitrogens with zero attached hydrogens (tertiary/aromatic N) is 2. The van der Waals surface area contributed by atoms with Crippen LogP contribution in [0.2, 0.25) is 0 Å². The average molecular weight is 306 g/mol. The zero-order valence-corrected chi connectivity index (χ0v) is 13.6. The van der Waals surface area contributed by atoms with Crippen LogP contribution in [0.4, 0.5) is 0 Å². The van der Waals surface area contributed by atoms with Gasteiger partial charge in [-0.3, -0.25) is 0 Å². The van der Waals surface area contributed by atoms with Gasteiger partial charge in [-0.2, -0.15) is 0 Å². The lowest BCUT2D eigenvalue weighted by Crippen LogP contribution is -2.09. The molecule has 5 heteroatoms. The number of oxazole rings is 1. The first kappa shape index (κ1) is 15.9. The number of hydrogen-bond donors (Lipinski definition) is 1. The first-order chi connectivity index (χ1) is 9.99. The second kappa shape index (κ2) is 7.00. The molecule has 21 heavy (non-hydrogen) atoms. The Morgan fingerprint density at radius 3 is 2.67 bits per heavy atom. The maximum Gasteiger partial charge on any atom is 0.218 e. The lowest BCUT2D eigenvalue weighted by molar-refractivity contribution is 0.284. The van der Waals surface area contributed by atoms with E-state index in [1.54, 1.807) is 17.5 Å². The minimum absolute atomic E-state index is 0.0244. The van der Waals surface area contributed by atoms with Gasteiger partial charge >= 0.3 is 0 Å². The van der Waals surface area contributed by atoms with E-state index >= 15 is 0 Å². The van der Waals surface area contributed by atoms with E-state index in [4.69, 9.17) is 9.52 Å². The maximum atomic E-state index is 8.77. The van der Waals surface area contributed by atoms with E-state index in [9.17, 15) is 0 Å². The van der Waals surface area contributed by atoms with Gasteiger partial charge in [0.1, 0.15) is 5.76 Å². The Morgan fingerprint density at radius 2 is 2.00 bits per heavy atom. The van der Waals surface area contributed by atoms with Gasteiger partial charge in [-0.1, -0.05) is 20.8 Å². The Hall–Kier alpha value is -1.46. The highest BCUT2D eigenvalue weighted by Crippen LogP contribution is 2.24. The molecule has 2 rings (SSSR count). The topological polar surface area (TPSA) is 59.2 Å². The Kier molecular flexibility index (Phi) is 5.31. The van der Waals surface area contributed by atoms with Crippen LogP contribution < -0.4 is 0 Å². The zero-order chi connectivity index (χ0) is 15.3. The second-order valence-corrected chi connectivity index (χ2v) is 7.13. The summed E-state index contributed by atoms with van der Waals surface area (Å²) in [6.07, 6.45) is 10.2. The number of aryl methyl sites for hydroxylation is 1. The SMILES string of the molecule is CC(C)(C)c1cnc(/C=C/c2cnc(CCCCO)s2)o1. The molecule has 0 radical (unpaired) electrons.